The minimum atomic E-state index is -3.54. The van der Waals surface area contributed by atoms with Gasteiger partial charge in [-0.1, -0.05) is 11.6 Å². The Labute approximate surface area is 127 Å². The minimum Gasteiger partial charge on any atom is -0.478 e. The summed E-state index contributed by atoms with van der Waals surface area (Å²) in [5, 5.41) is 18.8. The van der Waals surface area contributed by atoms with Gasteiger partial charge in [0.05, 0.1) is 15.5 Å². The molecule has 0 aliphatic rings. The van der Waals surface area contributed by atoms with Gasteiger partial charge in [-0.2, -0.15) is 0 Å². The molecule has 0 aromatic heterocycles. The van der Waals surface area contributed by atoms with E-state index >= 15 is 0 Å². The predicted molar refractivity (Wildman–Crippen MR) is 80.9 cm³/mol. The molecule has 0 bridgehead atoms. The van der Waals surface area contributed by atoms with E-state index < -0.39 is 15.8 Å². The first-order valence-corrected chi connectivity index (χ1v) is 8.10. The van der Waals surface area contributed by atoms with Crippen LogP contribution in [0.1, 0.15) is 22.8 Å². The fraction of sp³-hybridized carbons (Fsp3) is 0.231. The summed E-state index contributed by atoms with van der Waals surface area (Å²) >= 11 is 6.01. The SMILES string of the molecule is C/C(C=N)=C/NCc1c(S(C)(=O)=O)ccc(C(=O)O)c1Cl. The maximum atomic E-state index is 11.8. The van der Waals surface area contributed by atoms with Crippen LogP contribution in [0.4, 0.5) is 0 Å². The number of rotatable bonds is 6. The third kappa shape index (κ3) is 4.30. The Kier molecular flexibility index (Phi) is 5.51. The normalized spacial score (nSPS) is 12.0. The van der Waals surface area contributed by atoms with Gasteiger partial charge in [0.15, 0.2) is 9.84 Å². The third-order valence-electron chi connectivity index (χ3n) is 2.67. The largest absolute Gasteiger partial charge is 0.478 e. The number of sulfone groups is 1. The molecule has 6 nitrogen and oxygen atoms in total. The van der Waals surface area contributed by atoms with E-state index in [4.69, 9.17) is 22.1 Å². The number of allylic oxidation sites excluding steroid dienone is 1. The second-order valence-corrected chi connectivity index (χ2v) is 6.76. The molecule has 0 heterocycles. The first kappa shape index (κ1) is 17.2. The van der Waals surface area contributed by atoms with Crippen molar-refractivity contribution in [3.05, 3.63) is 40.1 Å². The zero-order chi connectivity index (χ0) is 16.2. The molecule has 0 spiro atoms. The molecule has 0 unspecified atom stereocenters. The average molecular weight is 331 g/mol. The predicted octanol–water partition coefficient (Wildman–Crippen LogP) is 2.08. The van der Waals surface area contributed by atoms with Crippen LogP contribution in [-0.4, -0.2) is 32.0 Å². The maximum absolute atomic E-state index is 11.8. The van der Waals surface area contributed by atoms with Crippen molar-refractivity contribution in [1.29, 1.82) is 5.41 Å². The second-order valence-electron chi connectivity index (χ2n) is 4.39. The highest BCUT2D eigenvalue weighted by molar-refractivity contribution is 7.90. The summed E-state index contributed by atoms with van der Waals surface area (Å²) in [6, 6.07) is 2.40. The molecule has 0 saturated heterocycles. The van der Waals surface area contributed by atoms with E-state index in [1.807, 2.05) is 0 Å². The first-order chi connectivity index (χ1) is 9.68. The lowest BCUT2D eigenvalue weighted by molar-refractivity contribution is 0.0697. The Morgan fingerprint density at radius 2 is 2.10 bits per heavy atom. The number of carboxylic acids is 1. The number of carbonyl (C=O) groups is 1. The highest BCUT2D eigenvalue weighted by atomic mass is 35.5. The molecule has 0 saturated carbocycles. The van der Waals surface area contributed by atoms with Crippen LogP contribution in [0, 0.1) is 5.41 Å². The summed E-state index contributed by atoms with van der Waals surface area (Å²) in [7, 11) is -3.54. The molecule has 1 rings (SSSR count). The van der Waals surface area contributed by atoms with Gasteiger partial charge in [0.1, 0.15) is 0 Å². The molecular weight excluding hydrogens is 316 g/mol. The Morgan fingerprint density at radius 3 is 2.57 bits per heavy atom. The zero-order valence-electron chi connectivity index (χ0n) is 11.5. The summed E-state index contributed by atoms with van der Waals surface area (Å²) in [4.78, 5) is 11.0. The highest BCUT2D eigenvalue weighted by Crippen LogP contribution is 2.28. The molecule has 8 heteroatoms. The van der Waals surface area contributed by atoms with Crippen LogP contribution in [0.2, 0.25) is 5.02 Å². The Hall–Kier alpha value is -1.86. The number of carboxylic acid groups (broad SMARTS) is 1. The molecule has 0 radical (unpaired) electrons. The molecule has 0 amide bonds. The first-order valence-electron chi connectivity index (χ1n) is 5.83. The number of benzene rings is 1. The van der Waals surface area contributed by atoms with Crippen molar-refractivity contribution in [2.45, 2.75) is 18.4 Å². The lowest BCUT2D eigenvalue weighted by Gasteiger charge is -2.12. The molecule has 0 aliphatic heterocycles. The summed E-state index contributed by atoms with van der Waals surface area (Å²) < 4.78 is 23.5. The lowest BCUT2D eigenvalue weighted by atomic mass is 10.1. The monoisotopic (exact) mass is 330 g/mol. The standard InChI is InChI=1S/C13H15ClN2O4S/c1-8(5-15)6-16-7-10-11(21(2,19)20)4-3-9(12(10)14)13(17)18/h3-6,15-16H,7H2,1-2H3,(H,17,18)/b8-6-,15-5?. The maximum Gasteiger partial charge on any atom is 0.337 e. The van der Waals surface area contributed by atoms with E-state index in [0.29, 0.717) is 5.57 Å². The van der Waals surface area contributed by atoms with Crippen LogP contribution >= 0.6 is 11.6 Å². The van der Waals surface area contributed by atoms with Crippen LogP contribution < -0.4 is 5.32 Å². The molecule has 1 aromatic carbocycles. The zero-order valence-corrected chi connectivity index (χ0v) is 13.0. The number of hydrogen-bond donors (Lipinski definition) is 3. The highest BCUT2D eigenvalue weighted by Gasteiger charge is 2.20. The van der Waals surface area contributed by atoms with Gasteiger partial charge in [-0.25, -0.2) is 13.2 Å². The Morgan fingerprint density at radius 1 is 1.48 bits per heavy atom. The van der Waals surface area contributed by atoms with E-state index in [0.717, 1.165) is 12.5 Å². The molecule has 114 valence electrons. The number of hydrogen-bond acceptors (Lipinski definition) is 5. The van der Waals surface area contributed by atoms with Crippen LogP contribution in [-0.2, 0) is 16.4 Å². The molecule has 1 aromatic rings. The van der Waals surface area contributed by atoms with Gasteiger partial charge in [0.25, 0.3) is 0 Å². The Bertz CT molecular complexity index is 711. The molecule has 0 aliphatic carbocycles. The number of aromatic carboxylic acids is 1. The van der Waals surface area contributed by atoms with Crippen molar-refractivity contribution in [1.82, 2.24) is 5.32 Å². The van der Waals surface area contributed by atoms with Gasteiger partial charge in [-0.3, -0.25) is 0 Å². The third-order valence-corrected chi connectivity index (χ3v) is 4.28. The van der Waals surface area contributed by atoms with Crippen molar-refractivity contribution < 1.29 is 18.3 Å². The van der Waals surface area contributed by atoms with Crippen molar-refractivity contribution in [2.75, 3.05) is 6.26 Å². The van der Waals surface area contributed by atoms with Gasteiger partial charge in [-0.05, 0) is 24.6 Å². The molecule has 3 N–H and O–H groups in total. The lowest BCUT2D eigenvalue weighted by Crippen LogP contribution is -2.13. The molecule has 0 fully saturated rings. The fourth-order valence-corrected chi connectivity index (χ4v) is 2.94. The summed E-state index contributed by atoms with van der Waals surface area (Å²) in [5.41, 5.74) is 0.656. The van der Waals surface area contributed by atoms with Crippen LogP contribution in [0.15, 0.2) is 28.8 Å². The quantitative estimate of drug-likeness (QED) is 0.692. The summed E-state index contributed by atoms with van der Waals surface area (Å²) in [5.74, 6) is -1.23. The molecule has 0 atom stereocenters. The smallest absolute Gasteiger partial charge is 0.337 e. The van der Waals surface area contributed by atoms with Gasteiger partial charge in [0.2, 0.25) is 0 Å². The van der Waals surface area contributed by atoms with E-state index in [9.17, 15) is 13.2 Å². The van der Waals surface area contributed by atoms with E-state index in [2.05, 4.69) is 5.32 Å². The second kappa shape index (κ2) is 6.73. The molecular formula is C13H15ClN2O4S. The summed E-state index contributed by atoms with van der Waals surface area (Å²) in [6.07, 6.45) is 3.67. The van der Waals surface area contributed by atoms with Crippen molar-refractivity contribution in [3.8, 4) is 0 Å². The van der Waals surface area contributed by atoms with Gasteiger partial charge in [0, 0.05) is 30.8 Å². The Balaban J connectivity index is 3.33. The van der Waals surface area contributed by atoms with Crippen LogP contribution in [0.25, 0.3) is 0 Å². The van der Waals surface area contributed by atoms with Crippen molar-refractivity contribution in [3.63, 3.8) is 0 Å². The van der Waals surface area contributed by atoms with Gasteiger partial charge in [-0.15, -0.1) is 0 Å². The fourth-order valence-electron chi connectivity index (χ4n) is 1.64. The molecule has 21 heavy (non-hydrogen) atoms. The van der Waals surface area contributed by atoms with Gasteiger partial charge < -0.3 is 15.8 Å². The minimum absolute atomic E-state index is 0.0223. The average Bonchev–Trinajstić information content (AvgIpc) is 2.38. The van der Waals surface area contributed by atoms with Crippen molar-refractivity contribution in [2.24, 2.45) is 0 Å². The van der Waals surface area contributed by atoms with Gasteiger partial charge >= 0.3 is 5.97 Å². The summed E-state index contributed by atoms with van der Waals surface area (Å²) in [6.45, 7) is 1.72. The van der Waals surface area contributed by atoms with E-state index in [-0.39, 0.29) is 27.6 Å². The van der Waals surface area contributed by atoms with Crippen LogP contribution in [0.5, 0.6) is 0 Å². The number of nitrogens with one attached hydrogen (secondary N) is 2. The van der Waals surface area contributed by atoms with Crippen LogP contribution in [0.3, 0.4) is 0 Å². The number of halogens is 1. The topological polar surface area (TPSA) is 107 Å². The van der Waals surface area contributed by atoms with E-state index in [1.54, 1.807) is 6.92 Å². The van der Waals surface area contributed by atoms with Crippen molar-refractivity contribution >= 4 is 33.6 Å². The van der Waals surface area contributed by atoms with E-state index in [1.165, 1.54) is 18.3 Å².